The van der Waals surface area contributed by atoms with Gasteiger partial charge in [-0.1, -0.05) is 13.3 Å². The first kappa shape index (κ1) is 17.1. The molecule has 6 heteroatoms. The molecule has 116 valence electrons. The molecule has 1 fully saturated rings. The van der Waals surface area contributed by atoms with Crippen LogP contribution in [-0.2, 0) is 4.79 Å². The van der Waals surface area contributed by atoms with Gasteiger partial charge >= 0.3 is 6.03 Å². The van der Waals surface area contributed by atoms with Crippen molar-refractivity contribution in [2.45, 2.75) is 38.9 Å². The lowest BCUT2D eigenvalue weighted by atomic mass is 10.3. The Bertz CT molecular complexity index is 318. The van der Waals surface area contributed by atoms with Crippen molar-refractivity contribution in [3.63, 3.8) is 0 Å². The normalized spacial score (nSPS) is 16.9. The van der Waals surface area contributed by atoms with Crippen LogP contribution < -0.4 is 5.32 Å². The zero-order valence-corrected chi connectivity index (χ0v) is 13.7. The van der Waals surface area contributed by atoms with E-state index in [0.29, 0.717) is 32.7 Å². The minimum Gasteiger partial charge on any atom is -0.338 e. The summed E-state index contributed by atoms with van der Waals surface area (Å²) in [6.45, 7) is 9.25. The second-order valence-corrected chi connectivity index (χ2v) is 6.46. The van der Waals surface area contributed by atoms with E-state index in [1.165, 1.54) is 6.42 Å². The Labute approximate surface area is 126 Å². The van der Waals surface area contributed by atoms with Crippen LogP contribution in [0.4, 0.5) is 4.79 Å². The molecule has 20 heavy (non-hydrogen) atoms. The molecule has 1 aliphatic heterocycles. The lowest BCUT2D eigenvalue weighted by Gasteiger charge is -2.35. The van der Waals surface area contributed by atoms with E-state index >= 15 is 0 Å². The average Bonchev–Trinajstić information content (AvgIpc) is 2.47. The van der Waals surface area contributed by atoms with E-state index in [9.17, 15) is 9.59 Å². The largest absolute Gasteiger partial charge is 0.338 e. The summed E-state index contributed by atoms with van der Waals surface area (Å²) >= 11 is 1.73. The van der Waals surface area contributed by atoms with E-state index in [1.54, 1.807) is 16.7 Å². The number of nitrogens with one attached hydrogen (secondary N) is 1. The minimum atomic E-state index is -0.0232. The zero-order chi connectivity index (χ0) is 15.0. The van der Waals surface area contributed by atoms with E-state index < -0.39 is 0 Å². The van der Waals surface area contributed by atoms with E-state index in [2.05, 4.69) is 12.2 Å². The van der Waals surface area contributed by atoms with Gasteiger partial charge in [-0.05, 0) is 26.0 Å². The maximum atomic E-state index is 12.3. The molecule has 3 amide bonds. The maximum absolute atomic E-state index is 12.3. The molecule has 1 heterocycles. The van der Waals surface area contributed by atoms with Crippen molar-refractivity contribution < 1.29 is 9.59 Å². The number of amides is 3. The number of rotatable bonds is 6. The summed E-state index contributed by atoms with van der Waals surface area (Å²) in [5, 5.41) is 2.82. The molecule has 0 radical (unpaired) electrons. The standard InChI is InChI=1S/C14H27N3O2S/c1-4-6-11-20-12(3)13(18)16-7-9-17(10-8-16)14(19)15-5-2/h12H,4-11H2,1-3H3,(H,15,19)/t12-/m1/s1. The van der Waals surface area contributed by atoms with Crippen LogP contribution in [0.15, 0.2) is 0 Å². The number of piperazine rings is 1. The molecule has 1 aliphatic rings. The molecule has 0 aliphatic carbocycles. The monoisotopic (exact) mass is 301 g/mol. The molecule has 1 atom stereocenters. The summed E-state index contributed by atoms with van der Waals surface area (Å²) in [5.74, 6) is 1.25. The highest BCUT2D eigenvalue weighted by Gasteiger charge is 2.26. The molecule has 0 aromatic rings. The Hall–Kier alpha value is -0.910. The van der Waals surface area contributed by atoms with Gasteiger partial charge in [-0.3, -0.25) is 4.79 Å². The van der Waals surface area contributed by atoms with Gasteiger partial charge in [0.05, 0.1) is 5.25 Å². The van der Waals surface area contributed by atoms with Crippen LogP contribution in [0.1, 0.15) is 33.6 Å². The molecular weight excluding hydrogens is 274 g/mol. The summed E-state index contributed by atoms with van der Waals surface area (Å²) in [6, 6.07) is -0.0232. The van der Waals surface area contributed by atoms with Gasteiger partial charge in [-0.15, -0.1) is 11.8 Å². The SMILES string of the molecule is CCCCS[C@H](C)C(=O)N1CCN(C(=O)NCC)CC1. The Morgan fingerprint density at radius 1 is 1.15 bits per heavy atom. The predicted octanol–water partition coefficient (Wildman–Crippen LogP) is 1.78. The van der Waals surface area contributed by atoms with Gasteiger partial charge in [0.25, 0.3) is 0 Å². The van der Waals surface area contributed by atoms with Gasteiger partial charge in [0, 0.05) is 32.7 Å². The van der Waals surface area contributed by atoms with Crippen LogP contribution in [0, 0.1) is 0 Å². The molecular formula is C14H27N3O2S. The lowest BCUT2D eigenvalue weighted by Crippen LogP contribution is -2.54. The smallest absolute Gasteiger partial charge is 0.317 e. The van der Waals surface area contributed by atoms with Gasteiger partial charge in [-0.2, -0.15) is 0 Å². The minimum absolute atomic E-state index is 0.0232. The average molecular weight is 301 g/mol. The number of hydrogen-bond acceptors (Lipinski definition) is 3. The van der Waals surface area contributed by atoms with E-state index in [0.717, 1.165) is 12.2 Å². The molecule has 1 saturated heterocycles. The molecule has 0 aromatic heterocycles. The maximum Gasteiger partial charge on any atom is 0.317 e. The van der Waals surface area contributed by atoms with Crippen molar-refractivity contribution in [1.82, 2.24) is 15.1 Å². The quantitative estimate of drug-likeness (QED) is 0.761. The third-order valence-corrected chi connectivity index (χ3v) is 4.65. The number of thioether (sulfide) groups is 1. The zero-order valence-electron chi connectivity index (χ0n) is 12.9. The van der Waals surface area contributed by atoms with Crippen molar-refractivity contribution in [3.05, 3.63) is 0 Å². The summed E-state index contributed by atoms with van der Waals surface area (Å²) in [5.41, 5.74) is 0. The first-order valence-electron chi connectivity index (χ1n) is 7.53. The fourth-order valence-corrected chi connectivity index (χ4v) is 3.23. The third-order valence-electron chi connectivity index (χ3n) is 3.42. The van der Waals surface area contributed by atoms with E-state index in [-0.39, 0.29) is 17.2 Å². The van der Waals surface area contributed by atoms with Gasteiger partial charge in [0.1, 0.15) is 0 Å². The number of unbranched alkanes of at least 4 members (excludes halogenated alkanes) is 1. The highest BCUT2D eigenvalue weighted by Crippen LogP contribution is 2.16. The number of carbonyl (C=O) groups is 2. The Morgan fingerprint density at radius 3 is 2.30 bits per heavy atom. The van der Waals surface area contributed by atoms with Crippen molar-refractivity contribution in [1.29, 1.82) is 0 Å². The number of nitrogens with zero attached hydrogens (tertiary/aromatic N) is 2. The summed E-state index contributed by atoms with van der Waals surface area (Å²) in [7, 11) is 0. The van der Waals surface area contributed by atoms with Crippen molar-refractivity contribution in [3.8, 4) is 0 Å². The van der Waals surface area contributed by atoms with Crippen LogP contribution in [0.3, 0.4) is 0 Å². The van der Waals surface area contributed by atoms with Gasteiger partial charge in [0.2, 0.25) is 5.91 Å². The number of carbonyl (C=O) groups excluding carboxylic acids is 2. The molecule has 1 N–H and O–H groups in total. The third kappa shape index (κ3) is 5.23. The molecule has 0 bridgehead atoms. The molecule has 0 saturated carbocycles. The topological polar surface area (TPSA) is 52.7 Å². The van der Waals surface area contributed by atoms with Crippen LogP contribution in [0.25, 0.3) is 0 Å². The summed E-state index contributed by atoms with van der Waals surface area (Å²) < 4.78 is 0. The predicted molar refractivity (Wildman–Crippen MR) is 84.1 cm³/mol. The van der Waals surface area contributed by atoms with E-state index in [4.69, 9.17) is 0 Å². The highest BCUT2D eigenvalue weighted by atomic mass is 32.2. The van der Waals surface area contributed by atoms with E-state index in [1.807, 2.05) is 18.7 Å². The van der Waals surface area contributed by atoms with Crippen LogP contribution in [0.2, 0.25) is 0 Å². The summed E-state index contributed by atoms with van der Waals surface area (Å²) in [6.07, 6.45) is 2.33. The molecule has 0 spiro atoms. The second-order valence-electron chi connectivity index (χ2n) is 5.01. The second kappa shape index (κ2) is 9.10. The van der Waals surface area contributed by atoms with Gasteiger partial charge in [0.15, 0.2) is 0 Å². The number of urea groups is 1. The molecule has 5 nitrogen and oxygen atoms in total. The Balaban J connectivity index is 2.33. The Morgan fingerprint density at radius 2 is 1.75 bits per heavy atom. The number of hydrogen-bond donors (Lipinski definition) is 1. The van der Waals surface area contributed by atoms with Crippen molar-refractivity contribution >= 4 is 23.7 Å². The van der Waals surface area contributed by atoms with Crippen molar-refractivity contribution in [2.24, 2.45) is 0 Å². The van der Waals surface area contributed by atoms with Crippen LogP contribution in [-0.4, -0.2) is 65.5 Å². The van der Waals surface area contributed by atoms with Gasteiger partial charge in [-0.25, -0.2) is 4.79 Å². The lowest BCUT2D eigenvalue weighted by molar-refractivity contribution is -0.131. The molecule has 0 unspecified atom stereocenters. The van der Waals surface area contributed by atoms with Crippen LogP contribution >= 0.6 is 11.8 Å². The fraction of sp³-hybridized carbons (Fsp3) is 0.857. The Kier molecular flexibility index (Phi) is 7.80. The molecule has 0 aromatic carbocycles. The highest BCUT2D eigenvalue weighted by molar-refractivity contribution is 8.00. The summed E-state index contributed by atoms with van der Waals surface area (Å²) in [4.78, 5) is 27.6. The molecule has 1 rings (SSSR count). The first-order valence-corrected chi connectivity index (χ1v) is 8.58. The van der Waals surface area contributed by atoms with Crippen LogP contribution in [0.5, 0.6) is 0 Å². The van der Waals surface area contributed by atoms with Gasteiger partial charge < -0.3 is 15.1 Å². The van der Waals surface area contributed by atoms with Crippen molar-refractivity contribution in [2.75, 3.05) is 38.5 Å². The fourth-order valence-electron chi connectivity index (χ4n) is 2.13. The first-order chi connectivity index (χ1) is 9.60.